The molecule has 0 aliphatic carbocycles. The summed E-state index contributed by atoms with van der Waals surface area (Å²) < 4.78 is 29.8. The van der Waals surface area contributed by atoms with Crippen LogP contribution in [-0.4, -0.2) is 65.7 Å². The summed E-state index contributed by atoms with van der Waals surface area (Å²) in [5, 5.41) is 7.26. The molecule has 0 radical (unpaired) electrons. The topological polar surface area (TPSA) is 96.6 Å². The molecule has 1 aromatic rings. The third-order valence-corrected chi connectivity index (χ3v) is 4.87. The number of carbonyl (C=O) groups is 1. The summed E-state index contributed by atoms with van der Waals surface area (Å²) in [4.78, 5) is 13.5. The zero-order valence-electron chi connectivity index (χ0n) is 10.9. The van der Waals surface area contributed by atoms with Gasteiger partial charge in [0.15, 0.2) is 0 Å². The lowest BCUT2D eigenvalue weighted by atomic mass is 10.3. The first-order valence-corrected chi connectivity index (χ1v) is 7.62. The Labute approximate surface area is 111 Å². The van der Waals surface area contributed by atoms with Gasteiger partial charge in [-0.2, -0.15) is 4.31 Å². The van der Waals surface area contributed by atoms with Crippen LogP contribution in [0.2, 0.25) is 0 Å². The van der Waals surface area contributed by atoms with Crippen molar-refractivity contribution in [3.05, 3.63) is 11.8 Å². The van der Waals surface area contributed by atoms with E-state index in [4.69, 9.17) is 4.42 Å². The molecule has 0 spiro atoms. The van der Waals surface area contributed by atoms with Crippen LogP contribution >= 0.6 is 0 Å². The van der Waals surface area contributed by atoms with Crippen LogP contribution in [0.3, 0.4) is 0 Å². The molecule has 19 heavy (non-hydrogen) atoms. The van der Waals surface area contributed by atoms with Crippen LogP contribution in [0.15, 0.2) is 4.42 Å². The second-order valence-corrected chi connectivity index (χ2v) is 6.48. The van der Waals surface area contributed by atoms with Crippen LogP contribution in [0.25, 0.3) is 0 Å². The van der Waals surface area contributed by atoms with E-state index >= 15 is 0 Å². The van der Waals surface area contributed by atoms with Gasteiger partial charge in [-0.15, -0.1) is 10.2 Å². The van der Waals surface area contributed by atoms with Crippen LogP contribution < -0.4 is 0 Å². The van der Waals surface area contributed by atoms with Gasteiger partial charge < -0.3 is 9.32 Å². The molecule has 1 fully saturated rings. The second kappa shape index (κ2) is 5.25. The predicted octanol–water partition coefficient (Wildman–Crippen LogP) is -0.514. The molecule has 1 aliphatic heterocycles. The molecular formula is C10H16N4O4S. The van der Waals surface area contributed by atoms with E-state index < -0.39 is 10.0 Å². The number of aryl methyl sites for hydroxylation is 1. The van der Waals surface area contributed by atoms with Crippen molar-refractivity contribution in [1.29, 1.82) is 0 Å². The van der Waals surface area contributed by atoms with Crippen molar-refractivity contribution in [2.45, 2.75) is 13.8 Å². The van der Waals surface area contributed by atoms with Gasteiger partial charge in [0.05, 0.1) is 5.75 Å². The lowest BCUT2D eigenvalue weighted by Gasteiger charge is -2.32. The maximum absolute atomic E-state index is 12.0. The zero-order valence-corrected chi connectivity index (χ0v) is 11.7. The zero-order chi connectivity index (χ0) is 14.0. The van der Waals surface area contributed by atoms with Crippen LogP contribution in [0, 0.1) is 6.92 Å². The van der Waals surface area contributed by atoms with Crippen molar-refractivity contribution in [3.8, 4) is 0 Å². The van der Waals surface area contributed by atoms with Crippen molar-refractivity contribution >= 4 is 15.9 Å². The first-order valence-electron chi connectivity index (χ1n) is 6.01. The SMILES string of the molecule is CCS(=O)(=O)N1CCN(C(=O)c2nnc(C)o2)CC1. The molecule has 1 aliphatic rings. The van der Waals surface area contributed by atoms with E-state index in [0.717, 1.165) is 0 Å². The van der Waals surface area contributed by atoms with Crippen LogP contribution in [0.5, 0.6) is 0 Å². The third-order valence-electron chi connectivity index (χ3n) is 2.99. The van der Waals surface area contributed by atoms with Gasteiger partial charge in [-0.25, -0.2) is 8.42 Å². The molecule has 2 rings (SSSR count). The van der Waals surface area contributed by atoms with Gasteiger partial charge in [0.25, 0.3) is 0 Å². The first-order chi connectivity index (χ1) is 8.94. The Morgan fingerprint density at radius 1 is 1.26 bits per heavy atom. The highest BCUT2D eigenvalue weighted by atomic mass is 32.2. The maximum Gasteiger partial charge on any atom is 0.311 e. The normalized spacial score (nSPS) is 17.7. The third kappa shape index (κ3) is 2.92. The molecular weight excluding hydrogens is 272 g/mol. The van der Waals surface area contributed by atoms with Gasteiger partial charge in [0, 0.05) is 33.1 Å². The van der Waals surface area contributed by atoms with E-state index in [1.807, 2.05) is 0 Å². The molecule has 106 valence electrons. The fourth-order valence-corrected chi connectivity index (χ4v) is 2.95. The summed E-state index contributed by atoms with van der Waals surface area (Å²) in [6.45, 7) is 4.48. The number of nitrogens with zero attached hydrogens (tertiary/aromatic N) is 4. The minimum absolute atomic E-state index is 0.0516. The quantitative estimate of drug-likeness (QED) is 0.743. The van der Waals surface area contributed by atoms with E-state index in [-0.39, 0.29) is 17.6 Å². The number of hydrogen-bond donors (Lipinski definition) is 0. The smallest absolute Gasteiger partial charge is 0.311 e. The number of piperazine rings is 1. The lowest BCUT2D eigenvalue weighted by molar-refractivity contribution is 0.0656. The van der Waals surface area contributed by atoms with Crippen molar-refractivity contribution in [3.63, 3.8) is 0 Å². The molecule has 2 heterocycles. The van der Waals surface area contributed by atoms with Crippen LogP contribution in [0.4, 0.5) is 0 Å². The fourth-order valence-electron chi connectivity index (χ4n) is 1.87. The number of amides is 1. The van der Waals surface area contributed by atoms with Crippen molar-refractivity contribution in [2.75, 3.05) is 31.9 Å². The Bertz CT molecular complexity index is 560. The molecule has 1 aromatic heterocycles. The average Bonchev–Trinajstić information content (AvgIpc) is 2.85. The fraction of sp³-hybridized carbons (Fsp3) is 0.700. The van der Waals surface area contributed by atoms with E-state index in [9.17, 15) is 13.2 Å². The molecule has 0 N–H and O–H groups in total. The number of hydrogen-bond acceptors (Lipinski definition) is 6. The Hall–Kier alpha value is -1.48. The van der Waals surface area contributed by atoms with Crippen LogP contribution in [0.1, 0.15) is 23.5 Å². The molecule has 8 nitrogen and oxygen atoms in total. The lowest BCUT2D eigenvalue weighted by Crippen LogP contribution is -2.50. The summed E-state index contributed by atoms with van der Waals surface area (Å²) in [6, 6.07) is 0. The van der Waals surface area contributed by atoms with Gasteiger partial charge in [-0.05, 0) is 6.92 Å². The second-order valence-electron chi connectivity index (χ2n) is 4.22. The molecule has 0 aromatic carbocycles. The molecule has 0 atom stereocenters. The first kappa shape index (κ1) is 13.9. The minimum Gasteiger partial charge on any atom is -0.417 e. The summed E-state index contributed by atoms with van der Waals surface area (Å²) in [6.07, 6.45) is 0. The van der Waals surface area contributed by atoms with E-state index in [1.54, 1.807) is 13.8 Å². The number of rotatable bonds is 3. The Morgan fingerprint density at radius 3 is 2.37 bits per heavy atom. The standard InChI is InChI=1S/C10H16N4O4S/c1-3-19(16,17)14-6-4-13(5-7-14)10(15)9-12-11-8(2)18-9/h3-7H2,1-2H3. The monoisotopic (exact) mass is 288 g/mol. The molecule has 0 bridgehead atoms. The van der Waals surface area contributed by atoms with Crippen molar-refractivity contribution in [2.24, 2.45) is 0 Å². The summed E-state index contributed by atoms with van der Waals surface area (Å²) in [5.74, 6) is -0.00179. The highest BCUT2D eigenvalue weighted by molar-refractivity contribution is 7.89. The van der Waals surface area contributed by atoms with Gasteiger partial charge in [0.2, 0.25) is 15.9 Å². The average molecular weight is 288 g/mol. The van der Waals surface area contributed by atoms with Gasteiger partial charge in [-0.1, -0.05) is 0 Å². The highest BCUT2D eigenvalue weighted by Crippen LogP contribution is 2.11. The van der Waals surface area contributed by atoms with Crippen LogP contribution in [-0.2, 0) is 10.0 Å². The van der Waals surface area contributed by atoms with E-state index in [2.05, 4.69) is 10.2 Å². The van der Waals surface area contributed by atoms with Crippen molar-refractivity contribution < 1.29 is 17.6 Å². The Kier molecular flexibility index (Phi) is 3.85. The minimum atomic E-state index is -3.19. The number of aromatic nitrogens is 2. The number of sulfonamides is 1. The number of carbonyl (C=O) groups excluding carboxylic acids is 1. The molecule has 1 amide bonds. The molecule has 9 heteroatoms. The maximum atomic E-state index is 12.0. The highest BCUT2D eigenvalue weighted by Gasteiger charge is 2.29. The van der Waals surface area contributed by atoms with Crippen molar-refractivity contribution in [1.82, 2.24) is 19.4 Å². The molecule has 0 saturated carbocycles. The predicted molar refractivity (Wildman–Crippen MR) is 66.0 cm³/mol. The van der Waals surface area contributed by atoms with E-state index in [1.165, 1.54) is 9.21 Å². The largest absolute Gasteiger partial charge is 0.417 e. The van der Waals surface area contributed by atoms with E-state index in [0.29, 0.717) is 32.1 Å². The summed E-state index contributed by atoms with van der Waals surface area (Å²) in [7, 11) is -3.19. The Morgan fingerprint density at radius 2 is 1.89 bits per heavy atom. The summed E-state index contributed by atoms with van der Waals surface area (Å²) >= 11 is 0. The van der Waals surface area contributed by atoms with Gasteiger partial charge in [0.1, 0.15) is 0 Å². The summed E-state index contributed by atoms with van der Waals surface area (Å²) in [5.41, 5.74) is 0. The Balaban J connectivity index is 1.99. The molecule has 1 saturated heterocycles. The van der Waals surface area contributed by atoms with Gasteiger partial charge >= 0.3 is 11.8 Å². The van der Waals surface area contributed by atoms with Gasteiger partial charge in [-0.3, -0.25) is 4.79 Å². The molecule has 0 unspecified atom stereocenters.